The van der Waals surface area contributed by atoms with Crippen LogP contribution in [0.5, 0.6) is 0 Å². The number of ether oxygens (including phenoxy) is 1. The minimum absolute atomic E-state index is 0.0830. The van der Waals surface area contributed by atoms with Gasteiger partial charge >= 0.3 is 5.97 Å². The average molecular weight is 316 g/mol. The maximum absolute atomic E-state index is 11.6. The SMILES string of the molecule is Cc1ccsc1/C=C/C(=O)OCc1nnc(-c2ccco2)o1. The second-order valence-electron chi connectivity index (χ2n) is 4.39. The summed E-state index contributed by atoms with van der Waals surface area (Å²) in [7, 11) is 0. The fraction of sp³-hybridized carbons (Fsp3) is 0.133. The number of rotatable bonds is 5. The van der Waals surface area contributed by atoms with Gasteiger partial charge in [-0.2, -0.15) is 0 Å². The molecule has 0 aliphatic rings. The first-order valence-corrected chi connectivity index (χ1v) is 7.35. The Balaban J connectivity index is 1.55. The third-order valence-electron chi connectivity index (χ3n) is 2.81. The first-order chi connectivity index (χ1) is 10.7. The highest BCUT2D eigenvalue weighted by atomic mass is 32.1. The third-order valence-corrected chi connectivity index (χ3v) is 3.79. The lowest BCUT2D eigenvalue weighted by atomic mass is 10.3. The number of nitrogens with zero attached hydrogens (tertiary/aromatic N) is 2. The van der Waals surface area contributed by atoms with Crippen LogP contribution in [0.2, 0.25) is 0 Å². The van der Waals surface area contributed by atoms with E-state index in [0.29, 0.717) is 5.76 Å². The standard InChI is InChI=1S/C15H12N2O4S/c1-10-6-8-22-12(10)4-5-14(18)20-9-13-16-17-15(21-13)11-3-2-7-19-11/h2-8H,9H2,1H3/b5-4+. The molecule has 0 atom stereocenters. The van der Waals surface area contributed by atoms with Crippen molar-refractivity contribution in [1.82, 2.24) is 10.2 Å². The molecule has 22 heavy (non-hydrogen) atoms. The predicted molar refractivity (Wildman–Crippen MR) is 79.9 cm³/mol. The van der Waals surface area contributed by atoms with Gasteiger partial charge in [0.2, 0.25) is 0 Å². The van der Waals surface area contributed by atoms with Gasteiger partial charge in [0.1, 0.15) is 0 Å². The first-order valence-electron chi connectivity index (χ1n) is 6.47. The summed E-state index contributed by atoms with van der Waals surface area (Å²) < 4.78 is 15.5. The van der Waals surface area contributed by atoms with Crippen LogP contribution in [0.25, 0.3) is 17.7 Å². The van der Waals surface area contributed by atoms with Gasteiger partial charge in [-0.3, -0.25) is 0 Å². The third kappa shape index (κ3) is 3.32. The van der Waals surface area contributed by atoms with Crippen molar-refractivity contribution in [3.8, 4) is 11.7 Å². The van der Waals surface area contributed by atoms with Gasteiger partial charge in [0.15, 0.2) is 12.4 Å². The molecule has 0 fully saturated rings. The Morgan fingerprint density at radius 1 is 1.41 bits per heavy atom. The van der Waals surface area contributed by atoms with Crippen molar-refractivity contribution in [2.45, 2.75) is 13.5 Å². The van der Waals surface area contributed by atoms with Gasteiger partial charge < -0.3 is 13.6 Å². The van der Waals surface area contributed by atoms with Crippen LogP contribution in [-0.2, 0) is 16.1 Å². The van der Waals surface area contributed by atoms with Crippen molar-refractivity contribution < 1.29 is 18.4 Å². The van der Waals surface area contributed by atoms with Crippen LogP contribution < -0.4 is 0 Å². The van der Waals surface area contributed by atoms with E-state index in [2.05, 4.69) is 10.2 Å². The molecular weight excluding hydrogens is 304 g/mol. The number of carbonyl (C=O) groups is 1. The Labute approximate surface area is 130 Å². The molecule has 7 heteroatoms. The molecule has 0 unspecified atom stereocenters. The highest BCUT2D eigenvalue weighted by Crippen LogP contribution is 2.19. The molecule has 0 aliphatic carbocycles. The van der Waals surface area contributed by atoms with E-state index in [1.165, 1.54) is 12.3 Å². The quantitative estimate of drug-likeness (QED) is 0.530. The van der Waals surface area contributed by atoms with Crippen LogP contribution in [-0.4, -0.2) is 16.2 Å². The Morgan fingerprint density at radius 2 is 2.32 bits per heavy atom. The molecule has 3 rings (SSSR count). The number of thiophene rings is 1. The van der Waals surface area contributed by atoms with Crippen molar-refractivity contribution in [2.75, 3.05) is 0 Å². The number of esters is 1. The number of aromatic nitrogens is 2. The smallest absolute Gasteiger partial charge is 0.331 e. The van der Waals surface area contributed by atoms with Crippen molar-refractivity contribution in [3.05, 3.63) is 52.2 Å². The Morgan fingerprint density at radius 3 is 3.05 bits per heavy atom. The number of carbonyl (C=O) groups excluding carboxylic acids is 1. The van der Waals surface area contributed by atoms with E-state index >= 15 is 0 Å². The maximum Gasteiger partial charge on any atom is 0.331 e. The van der Waals surface area contributed by atoms with Gasteiger partial charge in [0.05, 0.1) is 6.26 Å². The Kier molecular flexibility index (Phi) is 4.15. The van der Waals surface area contributed by atoms with Crippen LogP contribution in [0, 0.1) is 6.92 Å². The summed E-state index contributed by atoms with van der Waals surface area (Å²) in [5.41, 5.74) is 1.12. The van der Waals surface area contributed by atoms with E-state index in [1.807, 2.05) is 18.4 Å². The summed E-state index contributed by atoms with van der Waals surface area (Å²) >= 11 is 1.56. The van der Waals surface area contributed by atoms with Crippen LogP contribution in [0.3, 0.4) is 0 Å². The first kappa shape index (κ1) is 14.3. The molecule has 3 heterocycles. The minimum atomic E-state index is -0.467. The van der Waals surface area contributed by atoms with Gasteiger partial charge in [-0.05, 0) is 42.1 Å². The summed E-state index contributed by atoms with van der Waals surface area (Å²) in [6.07, 6.45) is 4.61. The molecule has 0 radical (unpaired) electrons. The topological polar surface area (TPSA) is 78.4 Å². The molecule has 0 aliphatic heterocycles. The van der Waals surface area contributed by atoms with E-state index in [0.717, 1.165) is 10.4 Å². The van der Waals surface area contributed by atoms with Gasteiger partial charge in [-0.15, -0.1) is 21.5 Å². The van der Waals surface area contributed by atoms with Crippen molar-refractivity contribution in [1.29, 1.82) is 0 Å². The van der Waals surface area contributed by atoms with Crippen LogP contribution in [0.4, 0.5) is 0 Å². The van der Waals surface area contributed by atoms with Gasteiger partial charge in [-0.25, -0.2) is 4.79 Å². The second-order valence-corrected chi connectivity index (χ2v) is 5.33. The normalized spacial score (nSPS) is 11.1. The summed E-state index contributed by atoms with van der Waals surface area (Å²) in [6.45, 7) is 1.90. The molecule has 3 aromatic rings. The van der Waals surface area contributed by atoms with Crippen LogP contribution >= 0.6 is 11.3 Å². The average Bonchev–Trinajstić information content (AvgIpc) is 3.24. The largest absolute Gasteiger partial charge is 0.459 e. The molecule has 0 saturated heterocycles. The monoisotopic (exact) mass is 316 g/mol. The molecule has 0 spiro atoms. The molecule has 0 saturated carbocycles. The molecule has 112 valence electrons. The highest BCUT2D eigenvalue weighted by molar-refractivity contribution is 7.11. The Hall–Kier alpha value is -2.67. The molecule has 0 N–H and O–H groups in total. The zero-order chi connectivity index (χ0) is 15.4. The number of furan rings is 1. The lowest BCUT2D eigenvalue weighted by Gasteiger charge is -1.96. The summed E-state index contributed by atoms with van der Waals surface area (Å²) in [5, 5.41) is 9.58. The van der Waals surface area contributed by atoms with E-state index in [1.54, 1.807) is 29.5 Å². The molecular formula is C15H12N2O4S. The number of hydrogen-bond acceptors (Lipinski definition) is 7. The summed E-state index contributed by atoms with van der Waals surface area (Å²) in [6, 6.07) is 5.41. The minimum Gasteiger partial charge on any atom is -0.459 e. The van der Waals surface area contributed by atoms with E-state index in [9.17, 15) is 4.79 Å². The molecule has 0 bridgehead atoms. The number of hydrogen-bond donors (Lipinski definition) is 0. The highest BCUT2D eigenvalue weighted by Gasteiger charge is 2.11. The fourth-order valence-corrected chi connectivity index (χ4v) is 2.51. The van der Waals surface area contributed by atoms with E-state index in [-0.39, 0.29) is 18.4 Å². The molecule has 0 aromatic carbocycles. The van der Waals surface area contributed by atoms with Crippen LogP contribution in [0.15, 0.2) is 44.8 Å². The second kappa shape index (κ2) is 6.40. The van der Waals surface area contributed by atoms with Crippen molar-refractivity contribution >= 4 is 23.4 Å². The zero-order valence-electron chi connectivity index (χ0n) is 11.7. The number of aryl methyl sites for hydroxylation is 1. The predicted octanol–water partition coefficient (Wildman–Crippen LogP) is 3.46. The van der Waals surface area contributed by atoms with Gasteiger partial charge in [-0.1, -0.05) is 0 Å². The zero-order valence-corrected chi connectivity index (χ0v) is 12.5. The molecule has 3 aromatic heterocycles. The van der Waals surface area contributed by atoms with Crippen molar-refractivity contribution in [2.24, 2.45) is 0 Å². The molecule has 0 amide bonds. The van der Waals surface area contributed by atoms with Gasteiger partial charge in [0, 0.05) is 11.0 Å². The molecule has 6 nitrogen and oxygen atoms in total. The summed E-state index contributed by atoms with van der Waals surface area (Å²) in [5.74, 6) is 0.463. The lowest BCUT2D eigenvalue weighted by molar-refractivity contribution is -0.139. The van der Waals surface area contributed by atoms with Crippen molar-refractivity contribution in [3.63, 3.8) is 0 Å². The van der Waals surface area contributed by atoms with Gasteiger partial charge in [0.25, 0.3) is 11.8 Å². The fourth-order valence-electron chi connectivity index (χ4n) is 1.69. The van der Waals surface area contributed by atoms with Crippen LogP contribution in [0.1, 0.15) is 16.3 Å². The van der Waals surface area contributed by atoms with E-state index in [4.69, 9.17) is 13.6 Å². The maximum atomic E-state index is 11.6. The Bertz CT molecular complexity index is 786. The van der Waals surface area contributed by atoms with E-state index < -0.39 is 5.97 Å². The summed E-state index contributed by atoms with van der Waals surface area (Å²) in [4.78, 5) is 12.7. The lowest BCUT2D eigenvalue weighted by Crippen LogP contribution is -2.00.